The largest absolute Gasteiger partial charge is 0.444 e. The van der Waals surface area contributed by atoms with Gasteiger partial charge in [0.05, 0.1) is 6.04 Å². The molecule has 0 saturated carbocycles. The summed E-state index contributed by atoms with van der Waals surface area (Å²) < 4.78 is 8.82. The van der Waals surface area contributed by atoms with E-state index in [9.17, 15) is 14.4 Å². The van der Waals surface area contributed by atoms with Gasteiger partial charge in [0.1, 0.15) is 5.60 Å². The van der Waals surface area contributed by atoms with Crippen LogP contribution in [0.3, 0.4) is 0 Å². The third kappa shape index (κ3) is 8.69. The van der Waals surface area contributed by atoms with Crippen molar-refractivity contribution in [1.82, 2.24) is 19.4 Å². The Bertz CT molecular complexity index is 862. The van der Waals surface area contributed by atoms with Gasteiger partial charge in [-0.2, -0.15) is 0 Å². The highest BCUT2D eigenvalue weighted by atomic mass is 32.2. The van der Waals surface area contributed by atoms with Crippen LogP contribution in [0.4, 0.5) is 4.79 Å². The topological polar surface area (TPSA) is 82.2 Å². The van der Waals surface area contributed by atoms with Gasteiger partial charge in [0.25, 0.3) is 0 Å². The maximum absolute atomic E-state index is 13.1. The molecule has 3 amide bonds. The van der Waals surface area contributed by atoms with Crippen LogP contribution < -0.4 is 4.72 Å². The molecular weight excluding hydrogens is 476 g/mol. The number of nitrogens with one attached hydrogen (secondary N) is 1. The summed E-state index contributed by atoms with van der Waals surface area (Å²) in [5, 5.41) is 0. The molecule has 8 nitrogen and oxygen atoms in total. The van der Waals surface area contributed by atoms with Crippen LogP contribution in [-0.4, -0.2) is 83.5 Å². The molecule has 0 spiro atoms. The van der Waals surface area contributed by atoms with Gasteiger partial charge in [0.2, 0.25) is 11.8 Å². The van der Waals surface area contributed by atoms with E-state index >= 15 is 0 Å². The molecule has 0 aromatic heterocycles. The minimum absolute atomic E-state index is 0.0415. The van der Waals surface area contributed by atoms with Crippen molar-refractivity contribution in [2.45, 2.75) is 82.7 Å². The summed E-state index contributed by atoms with van der Waals surface area (Å²) in [7, 11) is 1.84. The van der Waals surface area contributed by atoms with Crippen molar-refractivity contribution in [1.29, 1.82) is 0 Å². The van der Waals surface area contributed by atoms with Crippen LogP contribution in [0.25, 0.3) is 0 Å². The number of likely N-dealkylation sites (tertiary alicyclic amines) is 2. The lowest BCUT2D eigenvalue weighted by molar-refractivity contribution is -0.134. The van der Waals surface area contributed by atoms with Crippen molar-refractivity contribution in [2.75, 3.05) is 33.2 Å². The molecule has 0 aliphatic carbocycles. The molecule has 1 N–H and O–H groups in total. The second-order valence-electron chi connectivity index (χ2n) is 10.7. The zero-order chi connectivity index (χ0) is 26.1. The third-order valence-corrected chi connectivity index (χ3v) is 7.66. The first kappa shape index (κ1) is 28.3. The second kappa shape index (κ2) is 13.3. The van der Waals surface area contributed by atoms with Crippen LogP contribution >= 0.6 is 11.9 Å². The van der Waals surface area contributed by atoms with Gasteiger partial charge < -0.3 is 19.4 Å². The average molecular weight is 519 g/mol. The van der Waals surface area contributed by atoms with Gasteiger partial charge in [0.15, 0.2) is 0 Å². The highest BCUT2D eigenvalue weighted by Crippen LogP contribution is 2.21. The molecule has 2 heterocycles. The molecular formula is C27H42N4O4S. The second-order valence-corrected chi connectivity index (χ2v) is 11.5. The molecule has 2 aliphatic rings. The van der Waals surface area contributed by atoms with E-state index in [2.05, 4.69) is 16.9 Å². The van der Waals surface area contributed by atoms with Gasteiger partial charge in [0, 0.05) is 51.4 Å². The lowest BCUT2D eigenvalue weighted by atomic mass is 10.0. The Balaban J connectivity index is 1.48. The molecule has 0 radical (unpaired) electrons. The number of carbonyl (C=O) groups is 3. The summed E-state index contributed by atoms with van der Waals surface area (Å²) in [6.45, 7) is 8.33. The smallest absolute Gasteiger partial charge is 0.410 e. The Labute approximate surface area is 220 Å². The minimum atomic E-state index is -0.517. The van der Waals surface area contributed by atoms with Crippen LogP contribution in [0.15, 0.2) is 30.3 Å². The summed E-state index contributed by atoms with van der Waals surface area (Å²) in [4.78, 5) is 44.0. The maximum atomic E-state index is 13.1. The molecule has 200 valence electrons. The number of piperidine rings is 1. The first-order valence-corrected chi connectivity index (χ1v) is 14.1. The Hall–Kier alpha value is -2.26. The summed E-state index contributed by atoms with van der Waals surface area (Å²) in [6.07, 6.45) is 4.02. The summed E-state index contributed by atoms with van der Waals surface area (Å²) >= 11 is 1.52. The quantitative estimate of drug-likeness (QED) is 0.497. The lowest BCUT2D eigenvalue weighted by Crippen LogP contribution is -2.49. The molecule has 2 fully saturated rings. The van der Waals surface area contributed by atoms with Gasteiger partial charge >= 0.3 is 6.09 Å². The molecule has 1 atom stereocenters. The highest BCUT2D eigenvalue weighted by Gasteiger charge is 2.31. The molecule has 3 rings (SSSR count). The van der Waals surface area contributed by atoms with Crippen molar-refractivity contribution < 1.29 is 19.1 Å². The number of benzene rings is 1. The molecule has 36 heavy (non-hydrogen) atoms. The molecule has 2 saturated heterocycles. The van der Waals surface area contributed by atoms with E-state index in [1.54, 1.807) is 9.80 Å². The zero-order valence-electron chi connectivity index (χ0n) is 22.2. The molecule has 1 aromatic rings. The molecule has 1 aromatic carbocycles. The van der Waals surface area contributed by atoms with Crippen LogP contribution in [0.5, 0.6) is 0 Å². The van der Waals surface area contributed by atoms with Crippen molar-refractivity contribution in [3.8, 4) is 0 Å². The number of carbonyl (C=O) groups excluding carboxylic acids is 3. The summed E-state index contributed by atoms with van der Waals surface area (Å²) in [5.74, 6) is 0.892. The monoisotopic (exact) mass is 518 g/mol. The Kier molecular flexibility index (Phi) is 10.5. The maximum Gasteiger partial charge on any atom is 0.410 e. The number of hydrogen-bond acceptors (Lipinski definition) is 6. The first-order valence-electron chi connectivity index (χ1n) is 13.1. The molecule has 1 unspecified atom stereocenters. The van der Waals surface area contributed by atoms with Gasteiger partial charge in [-0.25, -0.2) is 4.79 Å². The Morgan fingerprint density at radius 3 is 2.31 bits per heavy atom. The number of nitrogens with zero attached hydrogens (tertiary/aromatic N) is 3. The highest BCUT2D eigenvalue weighted by molar-refractivity contribution is 7.96. The van der Waals surface area contributed by atoms with E-state index < -0.39 is 5.60 Å². The van der Waals surface area contributed by atoms with Crippen molar-refractivity contribution in [2.24, 2.45) is 0 Å². The zero-order valence-corrected chi connectivity index (χ0v) is 23.0. The standard InChI is InChI=1S/C27H42N4O4S/c1-27(2,3)35-26(34)31-18-14-22(15-19-31)29(4)24(32)13-12-23(25(33)30-16-8-9-17-30)28-36-20-21-10-6-5-7-11-21/h5-7,10-11,22-23,28H,8-9,12-20H2,1-4H3. The fourth-order valence-electron chi connectivity index (χ4n) is 4.60. The SMILES string of the molecule is CN(C(=O)CCC(NSCc1ccccc1)C(=O)N1CCCC1)C1CCN(C(=O)OC(C)(C)C)CC1. The van der Waals surface area contributed by atoms with E-state index in [1.807, 2.05) is 50.9 Å². The lowest BCUT2D eigenvalue weighted by Gasteiger charge is -2.37. The van der Waals surface area contributed by atoms with Crippen molar-refractivity contribution in [3.05, 3.63) is 35.9 Å². The summed E-state index contributed by atoms with van der Waals surface area (Å²) in [6, 6.07) is 9.85. The number of hydrogen-bond donors (Lipinski definition) is 1. The fraction of sp³-hybridized carbons (Fsp3) is 0.667. The van der Waals surface area contributed by atoms with Gasteiger partial charge in [-0.1, -0.05) is 42.3 Å². The summed E-state index contributed by atoms with van der Waals surface area (Å²) in [5.41, 5.74) is 0.674. The third-order valence-electron chi connectivity index (χ3n) is 6.73. The molecule has 2 aliphatic heterocycles. The van der Waals surface area contributed by atoms with Gasteiger partial charge in [-0.3, -0.25) is 14.3 Å². The van der Waals surface area contributed by atoms with E-state index in [0.717, 1.165) is 44.5 Å². The van der Waals surface area contributed by atoms with E-state index in [-0.39, 0.29) is 30.0 Å². The Morgan fingerprint density at radius 2 is 1.69 bits per heavy atom. The Morgan fingerprint density at radius 1 is 1.06 bits per heavy atom. The van der Waals surface area contributed by atoms with Crippen molar-refractivity contribution >= 4 is 29.9 Å². The van der Waals surface area contributed by atoms with E-state index in [0.29, 0.717) is 25.9 Å². The van der Waals surface area contributed by atoms with Crippen LogP contribution in [0, 0.1) is 0 Å². The van der Waals surface area contributed by atoms with Gasteiger partial charge in [-0.15, -0.1) is 0 Å². The molecule has 9 heteroatoms. The molecule has 0 bridgehead atoms. The van der Waals surface area contributed by atoms with Crippen molar-refractivity contribution in [3.63, 3.8) is 0 Å². The van der Waals surface area contributed by atoms with Crippen LogP contribution in [-0.2, 0) is 20.1 Å². The predicted octanol–water partition coefficient (Wildman–Crippen LogP) is 4.05. The minimum Gasteiger partial charge on any atom is -0.444 e. The van der Waals surface area contributed by atoms with E-state index in [4.69, 9.17) is 4.74 Å². The number of ether oxygens (including phenoxy) is 1. The predicted molar refractivity (Wildman–Crippen MR) is 143 cm³/mol. The first-order chi connectivity index (χ1) is 17.1. The normalized spacial score (nSPS) is 17.7. The van der Waals surface area contributed by atoms with E-state index in [1.165, 1.54) is 17.5 Å². The number of rotatable bonds is 9. The average Bonchev–Trinajstić information content (AvgIpc) is 3.40. The van der Waals surface area contributed by atoms with Crippen LogP contribution in [0.2, 0.25) is 0 Å². The van der Waals surface area contributed by atoms with Crippen LogP contribution in [0.1, 0.15) is 64.9 Å². The van der Waals surface area contributed by atoms with Gasteiger partial charge in [-0.05, 0) is 58.4 Å². The fourth-order valence-corrected chi connectivity index (χ4v) is 5.46. The number of amides is 3.